The Balaban J connectivity index is 1.50. The molecule has 4 nitrogen and oxygen atoms in total. The molecule has 1 N–H and O–H groups in total. The number of ether oxygens (including phenoxy) is 1. The lowest BCUT2D eigenvalue weighted by Crippen LogP contribution is -2.34. The number of nitrogens with one attached hydrogen (secondary N) is 1. The van der Waals surface area contributed by atoms with E-state index in [0.29, 0.717) is 11.4 Å². The van der Waals surface area contributed by atoms with Crippen LogP contribution < -0.4 is 10.1 Å². The van der Waals surface area contributed by atoms with Crippen molar-refractivity contribution in [2.24, 2.45) is 0 Å². The Morgan fingerprint density at radius 1 is 1.04 bits per heavy atom. The van der Waals surface area contributed by atoms with Gasteiger partial charge in [-0.25, -0.2) is 4.39 Å². The molecule has 0 aliphatic carbocycles. The molecule has 0 aromatic heterocycles. The van der Waals surface area contributed by atoms with Gasteiger partial charge >= 0.3 is 0 Å². The van der Waals surface area contributed by atoms with Gasteiger partial charge in [-0.1, -0.05) is 12.2 Å². The zero-order valence-corrected chi connectivity index (χ0v) is 15.2. The summed E-state index contributed by atoms with van der Waals surface area (Å²) >= 11 is 5.57. The van der Waals surface area contributed by atoms with Crippen LogP contribution in [0.2, 0.25) is 0 Å². The molecule has 1 heterocycles. The second kappa shape index (κ2) is 8.76. The van der Waals surface area contributed by atoms with Gasteiger partial charge in [0.2, 0.25) is 0 Å². The lowest BCUT2D eigenvalue weighted by Gasteiger charge is -2.29. The van der Waals surface area contributed by atoms with Gasteiger partial charge in [0.05, 0.1) is 0 Å². The normalized spacial score (nSPS) is 14.0. The predicted molar refractivity (Wildman–Crippen MR) is 104 cm³/mol. The summed E-state index contributed by atoms with van der Waals surface area (Å²) in [5, 5.41) is 2.65. The number of benzene rings is 2. The van der Waals surface area contributed by atoms with E-state index < -0.39 is 0 Å². The molecule has 0 spiro atoms. The van der Waals surface area contributed by atoms with E-state index >= 15 is 0 Å². The van der Waals surface area contributed by atoms with Gasteiger partial charge in [-0.15, -0.1) is 0 Å². The van der Waals surface area contributed by atoms with Crippen LogP contribution in [0.5, 0.6) is 5.75 Å². The molecular formula is C20H21FN2O2S. The van der Waals surface area contributed by atoms with E-state index in [4.69, 9.17) is 17.0 Å². The number of likely N-dealkylation sites (tertiary alicyclic amines) is 1. The molecule has 2 aromatic rings. The van der Waals surface area contributed by atoms with Crippen LogP contribution >= 0.6 is 12.2 Å². The van der Waals surface area contributed by atoms with E-state index in [1.807, 2.05) is 24.3 Å². The maximum Gasteiger partial charge on any atom is 0.262 e. The number of carbonyl (C=O) groups excluding carboxylic acids is 1. The van der Waals surface area contributed by atoms with Crippen molar-refractivity contribution in [3.63, 3.8) is 0 Å². The summed E-state index contributed by atoms with van der Waals surface area (Å²) in [6.45, 7) is 1.91. The van der Waals surface area contributed by atoms with Crippen molar-refractivity contribution in [3.8, 4) is 5.75 Å². The van der Waals surface area contributed by atoms with E-state index in [0.717, 1.165) is 23.6 Å². The van der Waals surface area contributed by atoms with Crippen LogP contribution in [-0.2, 0) is 4.79 Å². The fourth-order valence-corrected chi connectivity index (χ4v) is 3.17. The Bertz CT molecular complexity index is 756. The monoisotopic (exact) mass is 372 g/mol. The van der Waals surface area contributed by atoms with Crippen molar-refractivity contribution < 1.29 is 13.9 Å². The number of rotatable bonds is 5. The van der Waals surface area contributed by atoms with E-state index in [1.165, 1.54) is 43.5 Å². The fourth-order valence-electron chi connectivity index (χ4n) is 2.85. The molecule has 0 unspecified atom stereocenters. The van der Waals surface area contributed by atoms with Crippen molar-refractivity contribution in [2.45, 2.75) is 19.3 Å². The number of anilines is 1. The third-order valence-electron chi connectivity index (χ3n) is 4.24. The molecule has 3 rings (SSSR count). The number of nitrogens with zero attached hydrogens (tertiary/aromatic N) is 1. The summed E-state index contributed by atoms with van der Waals surface area (Å²) in [4.78, 5) is 15.0. The minimum atomic E-state index is -0.346. The summed E-state index contributed by atoms with van der Waals surface area (Å²) in [5.41, 5.74) is 1.52. The van der Waals surface area contributed by atoms with Crippen LogP contribution in [0.15, 0.2) is 48.5 Å². The highest BCUT2D eigenvalue weighted by Crippen LogP contribution is 2.17. The molecule has 1 fully saturated rings. The highest BCUT2D eigenvalue weighted by molar-refractivity contribution is 7.80. The molecule has 1 amide bonds. The highest BCUT2D eigenvalue weighted by atomic mass is 32.1. The zero-order chi connectivity index (χ0) is 18.4. The minimum Gasteiger partial charge on any atom is -0.484 e. The molecule has 1 aliphatic rings. The minimum absolute atomic E-state index is 0.118. The Hall–Kier alpha value is -2.47. The molecule has 1 aliphatic heterocycles. The first kappa shape index (κ1) is 18.3. The van der Waals surface area contributed by atoms with Crippen LogP contribution in [0, 0.1) is 5.82 Å². The average Bonchev–Trinajstić information content (AvgIpc) is 2.69. The fraction of sp³-hybridized carbons (Fsp3) is 0.300. The third kappa shape index (κ3) is 5.02. The molecule has 136 valence electrons. The van der Waals surface area contributed by atoms with Crippen molar-refractivity contribution in [1.29, 1.82) is 0 Å². The van der Waals surface area contributed by atoms with Gasteiger partial charge in [0, 0.05) is 24.3 Å². The number of carbonyl (C=O) groups is 1. The number of thiocarbonyl (C=S) groups is 1. The summed E-state index contributed by atoms with van der Waals surface area (Å²) in [6.07, 6.45) is 3.64. The smallest absolute Gasteiger partial charge is 0.262 e. The molecule has 2 aromatic carbocycles. The van der Waals surface area contributed by atoms with Crippen LogP contribution in [0.4, 0.5) is 10.1 Å². The number of amides is 1. The lowest BCUT2D eigenvalue weighted by atomic mass is 10.1. The van der Waals surface area contributed by atoms with Crippen molar-refractivity contribution in [1.82, 2.24) is 4.90 Å². The summed E-state index contributed by atoms with van der Waals surface area (Å²) in [7, 11) is 0. The molecule has 0 bridgehead atoms. The second-order valence-electron chi connectivity index (χ2n) is 6.22. The van der Waals surface area contributed by atoms with Crippen molar-refractivity contribution in [3.05, 3.63) is 59.9 Å². The van der Waals surface area contributed by atoms with E-state index in [9.17, 15) is 9.18 Å². The number of piperidine rings is 1. The first-order chi connectivity index (χ1) is 12.6. The molecule has 26 heavy (non-hydrogen) atoms. The van der Waals surface area contributed by atoms with Gasteiger partial charge < -0.3 is 15.0 Å². The van der Waals surface area contributed by atoms with E-state index in [2.05, 4.69) is 10.2 Å². The molecule has 0 atom stereocenters. The Kier molecular flexibility index (Phi) is 6.17. The van der Waals surface area contributed by atoms with Crippen LogP contribution in [0.25, 0.3) is 0 Å². The van der Waals surface area contributed by atoms with Gasteiger partial charge in [0.1, 0.15) is 16.6 Å². The van der Waals surface area contributed by atoms with Gasteiger partial charge in [-0.2, -0.15) is 0 Å². The van der Waals surface area contributed by atoms with Gasteiger partial charge in [0.15, 0.2) is 6.61 Å². The van der Waals surface area contributed by atoms with Crippen LogP contribution in [0.3, 0.4) is 0 Å². The third-order valence-corrected chi connectivity index (χ3v) is 4.74. The summed E-state index contributed by atoms with van der Waals surface area (Å²) in [5.74, 6) is -0.0456. The molecule has 6 heteroatoms. The quantitative estimate of drug-likeness (QED) is 0.806. The standard InChI is InChI=1S/C20H21FN2O2S/c21-16-6-8-17(9-7-16)22-19(24)14-25-18-10-4-15(5-11-18)20(26)23-12-2-1-3-13-23/h4-11H,1-3,12-14H2,(H,22,24). The van der Waals surface area contributed by atoms with Gasteiger partial charge in [-0.3, -0.25) is 4.79 Å². The van der Waals surface area contributed by atoms with Crippen LogP contribution in [-0.4, -0.2) is 35.5 Å². The number of hydrogen-bond acceptors (Lipinski definition) is 3. The van der Waals surface area contributed by atoms with Crippen molar-refractivity contribution >= 4 is 28.8 Å². The van der Waals surface area contributed by atoms with Gasteiger partial charge in [0.25, 0.3) is 5.91 Å². The lowest BCUT2D eigenvalue weighted by molar-refractivity contribution is -0.118. The molecule has 0 radical (unpaired) electrons. The van der Waals surface area contributed by atoms with Crippen LogP contribution in [0.1, 0.15) is 24.8 Å². The van der Waals surface area contributed by atoms with Gasteiger partial charge in [-0.05, 0) is 67.8 Å². The second-order valence-corrected chi connectivity index (χ2v) is 6.61. The van der Waals surface area contributed by atoms with E-state index in [-0.39, 0.29) is 18.3 Å². The number of halogens is 1. The Labute approximate surface area is 158 Å². The maximum absolute atomic E-state index is 12.9. The van der Waals surface area contributed by atoms with Crippen molar-refractivity contribution in [2.75, 3.05) is 25.0 Å². The Morgan fingerprint density at radius 3 is 2.35 bits per heavy atom. The predicted octanol–water partition coefficient (Wildman–Crippen LogP) is 4.00. The summed E-state index contributed by atoms with van der Waals surface area (Å²) in [6, 6.07) is 13.1. The topological polar surface area (TPSA) is 41.6 Å². The highest BCUT2D eigenvalue weighted by Gasteiger charge is 2.14. The average molecular weight is 372 g/mol. The zero-order valence-electron chi connectivity index (χ0n) is 14.4. The summed E-state index contributed by atoms with van der Waals surface area (Å²) < 4.78 is 18.4. The first-order valence-corrected chi connectivity index (χ1v) is 9.10. The van der Waals surface area contributed by atoms with E-state index in [1.54, 1.807) is 0 Å². The molecule has 0 saturated carbocycles. The Morgan fingerprint density at radius 2 is 1.69 bits per heavy atom. The maximum atomic E-state index is 12.9. The largest absolute Gasteiger partial charge is 0.484 e. The molecule has 1 saturated heterocycles. The SMILES string of the molecule is O=C(COc1ccc(C(=S)N2CCCCC2)cc1)Nc1ccc(F)cc1. The number of hydrogen-bond donors (Lipinski definition) is 1. The first-order valence-electron chi connectivity index (χ1n) is 8.69. The molecular weight excluding hydrogens is 351 g/mol.